The molecule has 20 heavy (non-hydrogen) atoms. The monoisotopic (exact) mass is 289 g/mol. The van der Waals surface area contributed by atoms with E-state index in [0.29, 0.717) is 11.4 Å². The van der Waals surface area contributed by atoms with Gasteiger partial charge in [-0.2, -0.15) is 0 Å². The molecule has 0 fully saturated rings. The lowest BCUT2D eigenvalue weighted by atomic mass is 9.93. The molecule has 4 heteroatoms. The van der Waals surface area contributed by atoms with Gasteiger partial charge in [0, 0.05) is 28.6 Å². The molecule has 0 aliphatic carbocycles. The van der Waals surface area contributed by atoms with Crippen LogP contribution in [0, 0.1) is 0 Å². The summed E-state index contributed by atoms with van der Waals surface area (Å²) in [5.41, 5.74) is 8.23. The second-order valence-corrected chi connectivity index (χ2v) is 5.28. The molecule has 1 aliphatic heterocycles. The second kappa shape index (κ2) is 5.35. The largest absolute Gasteiger partial charge is 0.497 e. The number of rotatable bonds is 2. The molecule has 0 saturated carbocycles. The van der Waals surface area contributed by atoms with Gasteiger partial charge in [-0.25, -0.2) is 0 Å². The minimum absolute atomic E-state index is 0.0878. The summed E-state index contributed by atoms with van der Waals surface area (Å²) >= 11 is 6.24. The standard InChI is InChI=1S/C16H16ClNO2/c1-19-10-6-7-15-12(8-10)14(18)9-16(20-15)11-4-2-3-5-13(11)17/h2-8,14,16H,9,18H2,1H3. The van der Waals surface area contributed by atoms with E-state index >= 15 is 0 Å². The maximum absolute atomic E-state index is 6.27. The zero-order chi connectivity index (χ0) is 14.1. The zero-order valence-corrected chi connectivity index (χ0v) is 11.9. The van der Waals surface area contributed by atoms with Crippen LogP contribution in [0.2, 0.25) is 5.02 Å². The average Bonchev–Trinajstić information content (AvgIpc) is 2.47. The molecule has 0 aromatic heterocycles. The van der Waals surface area contributed by atoms with E-state index in [9.17, 15) is 0 Å². The summed E-state index contributed by atoms with van der Waals surface area (Å²) < 4.78 is 11.3. The Balaban J connectivity index is 1.95. The van der Waals surface area contributed by atoms with Crippen molar-refractivity contribution in [2.24, 2.45) is 5.73 Å². The van der Waals surface area contributed by atoms with Gasteiger partial charge in [0.05, 0.1) is 7.11 Å². The SMILES string of the molecule is COc1ccc2c(c1)C(N)CC(c1ccccc1Cl)O2. The Morgan fingerprint density at radius 3 is 2.75 bits per heavy atom. The summed E-state index contributed by atoms with van der Waals surface area (Å²) in [4.78, 5) is 0. The summed E-state index contributed by atoms with van der Waals surface area (Å²) in [5, 5.41) is 0.710. The Kier molecular flexibility index (Phi) is 3.55. The number of ether oxygens (including phenoxy) is 2. The van der Waals surface area contributed by atoms with Crippen LogP contribution in [-0.2, 0) is 0 Å². The third-order valence-electron chi connectivity index (χ3n) is 3.61. The van der Waals surface area contributed by atoms with Gasteiger partial charge in [0.2, 0.25) is 0 Å². The molecule has 0 saturated heterocycles. The number of nitrogens with two attached hydrogens (primary N) is 1. The zero-order valence-electron chi connectivity index (χ0n) is 11.2. The lowest BCUT2D eigenvalue weighted by Gasteiger charge is -2.31. The Morgan fingerprint density at radius 1 is 1.20 bits per heavy atom. The van der Waals surface area contributed by atoms with Crippen molar-refractivity contribution in [1.29, 1.82) is 0 Å². The van der Waals surface area contributed by atoms with Crippen molar-refractivity contribution in [3.63, 3.8) is 0 Å². The van der Waals surface area contributed by atoms with Crippen molar-refractivity contribution < 1.29 is 9.47 Å². The van der Waals surface area contributed by atoms with E-state index in [1.165, 1.54) is 0 Å². The van der Waals surface area contributed by atoms with Crippen molar-refractivity contribution >= 4 is 11.6 Å². The molecule has 1 heterocycles. The summed E-state index contributed by atoms with van der Waals surface area (Å²) in [6.07, 6.45) is 0.587. The van der Waals surface area contributed by atoms with Crippen LogP contribution in [-0.4, -0.2) is 7.11 Å². The van der Waals surface area contributed by atoms with Gasteiger partial charge in [-0.15, -0.1) is 0 Å². The molecule has 0 bridgehead atoms. The molecular formula is C16H16ClNO2. The highest BCUT2D eigenvalue weighted by atomic mass is 35.5. The number of hydrogen-bond donors (Lipinski definition) is 1. The van der Waals surface area contributed by atoms with E-state index < -0.39 is 0 Å². The number of halogens is 1. The topological polar surface area (TPSA) is 44.5 Å². The van der Waals surface area contributed by atoms with E-state index in [2.05, 4.69) is 0 Å². The molecule has 2 aromatic carbocycles. The van der Waals surface area contributed by atoms with Crippen LogP contribution in [0.4, 0.5) is 0 Å². The molecule has 3 nitrogen and oxygen atoms in total. The highest BCUT2D eigenvalue weighted by Gasteiger charge is 2.28. The number of fused-ring (bicyclic) bond motifs is 1. The van der Waals surface area contributed by atoms with Crippen molar-refractivity contribution in [3.05, 3.63) is 58.6 Å². The first-order valence-electron chi connectivity index (χ1n) is 6.53. The molecule has 0 spiro atoms. The maximum Gasteiger partial charge on any atom is 0.127 e. The number of hydrogen-bond acceptors (Lipinski definition) is 3. The van der Waals surface area contributed by atoms with Crippen LogP contribution >= 0.6 is 11.6 Å². The molecule has 3 rings (SSSR count). The molecule has 0 radical (unpaired) electrons. The lowest BCUT2D eigenvalue weighted by Crippen LogP contribution is -2.24. The fourth-order valence-electron chi connectivity index (χ4n) is 2.54. The minimum atomic E-state index is -0.111. The summed E-state index contributed by atoms with van der Waals surface area (Å²) in [5.74, 6) is 1.59. The predicted molar refractivity (Wildman–Crippen MR) is 79.4 cm³/mol. The fourth-order valence-corrected chi connectivity index (χ4v) is 2.79. The summed E-state index contributed by atoms with van der Waals surface area (Å²) in [7, 11) is 1.64. The predicted octanol–water partition coefficient (Wildman–Crippen LogP) is 3.87. The summed E-state index contributed by atoms with van der Waals surface area (Å²) in [6, 6.07) is 13.3. The van der Waals surface area contributed by atoms with Gasteiger partial charge in [0.1, 0.15) is 17.6 Å². The molecule has 0 amide bonds. The maximum atomic E-state index is 6.27. The Labute approximate surface area is 123 Å². The third-order valence-corrected chi connectivity index (χ3v) is 3.95. The van der Waals surface area contributed by atoms with E-state index in [4.69, 9.17) is 26.8 Å². The van der Waals surface area contributed by atoms with Gasteiger partial charge in [-0.3, -0.25) is 0 Å². The summed E-state index contributed by atoms with van der Waals surface area (Å²) in [6.45, 7) is 0. The van der Waals surface area contributed by atoms with Gasteiger partial charge in [0.25, 0.3) is 0 Å². The average molecular weight is 290 g/mol. The molecule has 2 unspecified atom stereocenters. The number of methoxy groups -OCH3 is 1. The minimum Gasteiger partial charge on any atom is -0.497 e. The third kappa shape index (κ3) is 2.35. The molecule has 2 aromatic rings. The van der Waals surface area contributed by atoms with Crippen LogP contribution in [0.15, 0.2) is 42.5 Å². The highest BCUT2D eigenvalue weighted by molar-refractivity contribution is 6.31. The van der Waals surface area contributed by atoms with E-state index in [-0.39, 0.29) is 12.1 Å². The van der Waals surface area contributed by atoms with Crippen molar-refractivity contribution in [3.8, 4) is 11.5 Å². The van der Waals surface area contributed by atoms with Crippen LogP contribution in [0.1, 0.15) is 29.7 Å². The van der Waals surface area contributed by atoms with Crippen LogP contribution < -0.4 is 15.2 Å². The molecular weight excluding hydrogens is 274 g/mol. The van der Waals surface area contributed by atoms with Gasteiger partial charge in [-0.05, 0) is 24.3 Å². The van der Waals surface area contributed by atoms with Crippen LogP contribution in [0.5, 0.6) is 11.5 Å². The Bertz CT molecular complexity index is 630. The van der Waals surface area contributed by atoms with Crippen LogP contribution in [0.3, 0.4) is 0 Å². The first kappa shape index (κ1) is 13.3. The van der Waals surface area contributed by atoms with Crippen molar-refractivity contribution in [1.82, 2.24) is 0 Å². The van der Waals surface area contributed by atoms with Gasteiger partial charge in [0.15, 0.2) is 0 Å². The van der Waals surface area contributed by atoms with E-state index in [0.717, 1.165) is 22.6 Å². The van der Waals surface area contributed by atoms with Crippen molar-refractivity contribution in [2.45, 2.75) is 18.6 Å². The first-order chi connectivity index (χ1) is 9.69. The highest BCUT2D eigenvalue weighted by Crippen LogP contribution is 2.42. The number of benzene rings is 2. The molecule has 2 atom stereocenters. The van der Waals surface area contributed by atoms with Crippen molar-refractivity contribution in [2.75, 3.05) is 7.11 Å². The van der Waals surface area contributed by atoms with E-state index in [1.54, 1.807) is 7.11 Å². The molecule has 104 valence electrons. The lowest BCUT2D eigenvalue weighted by molar-refractivity contribution is 0.161. The molecule has 2 N–H and O–H groups in total. The smallest absolute Gasteiger partial charge is 0.127 e. The van der Waals surface area contributed by atoms with Gasteiger partial charge < -0.3 is 15.2 Å². The first-order valence-corrected chi connectivity index (χ1v) is 6.91. The fraction of sp³-hybridized carbons (Fsp3) is 0.250. The van der Waals surface area contributed by atoms with Gasteiger partial charge in [-0.1, -0.05) is 29.8 Å². The second-order valence-electron chi connectivity index (χ2n) is 4.87. The molecule has 1 aliphatic rings. The Hall–Kier alpha value is -1.71. The Morgan fingerprint density at radius 2 is 2.00 bits per heavy atom. The normalized spacial score (nSPS) is 20.9. The van der Waals surface area contributed by atoms with E-state index in [1.807, 2.05) is 42.5 Å². The quantitative estimate of drug-likeness (QED) is 0.913. The van der Waals surface area contributed by atoms with Crippen LogP contribution in [0.25, 0.3) is 0 Å². The van der Waals surface area contributed by atoms with Gasteiger partial charge >= 0.3 is 0 Å².